The molecule has 0 spiro atoms. The van der Waals surface area contributed by atoms with Crippen molar-refractivity contribution in [2.24, 2.45) is 0 Å². The molecule has 2 aromatic carbocycles. The molecular weight excluding hydrogens is 364 g/mol. The molecule has 0 aromatic heterocycles. The molecule has 1 saturated heterocycles. The lowest BCUT2D eigenvalue weighted by molar-refractivity contribution is 0.0674. The van der Waals surface area contributed by atoms with Gasteiger partial charge in [0.05, 0.1) is 7.11 Å². The number of rotatable bonds is 5. The lowest BCUT2D eigenvalue weighted by Crippen LogP contribution is -2.46. The third-order valence-electron chi connectivity index (χ3n) is 5.48. The van der Waals surface area contributed by atoms with E-state index >= 15 is 0 Å². The minimum absolute atomic E-state index is 0.111. The minimum Gasteiger partial charge on any atom is -0.494 e. The molecule has 2 N–H and O–H groups in total. The highest BCUT2D eigenvalue weighted by molar-refractivity contribution is 6.00. The number of amides is 1. The molecule has 1 atom stereocenters. The Morgan fingerprint density at radius 3 is 2.93 bits per heavy atom. The summed E-state index contributed by atoms with van der Waals surface area (Å²) < 4.78 is 33.6. The first-order valence-electron chi connectivity index (χ1n) is 9.48. The van der Waals surface area contributed by atoms with Crippen LogP contribution in [0, 0.1) is 11.6 Å². The number of ether oxygens (including phenoxy) is 1. The lowest BCUT2D eigenvalue weighted by atomic mass is 10.1. The third kappa shape index (κ3) is 3.42. The lowest BCUT2D eigenvalue weighted by Gasteiger charge is -2.31. The van der Waals surface area contributed by atoms with Crippen molar-refractivity contribution in [3.63, 3.8) is 0 Å². The van der Waals surface area contributed by atoms with Crippen LogP contribution in [0.4, 0.5) is 14.5 Å². The smallest absolute Gasteiger partial charge is 0.254 e. The van der Waals surface area contributed by atoms with Crippen molar-refractivity contribution >= 4 is 11.6 Å². The molecule has 0 radical (unpaired) electrons. The Balaban J connectivity index is 1.57. The third-order valence-corrected chi connectivity index (χ3v) is 5.48. The topological polar surface area (TPSA) is 53.6 Å². The number of hydrogen-bond acceptors (Lipinski definition) is 4. The zero-order valence-corrected chi connectivity index (χ0v) is 15.7. The van der Waals surface area contributed by atoms with Crippen molar-refractivity contribution in [3.05, 3.63) is 58.7 Å². The second-order valence-corrected chi connectivity index (χ2v) is 7.20. The van der Waals surface area contributed by atoms with Crippen LogP contribution in [-0.2, 0) is 13.1 Å². The van der Waals surface area contributed by atoms with Crippen LogP contribution < -0.4 is 15.4 Å². The number of piperidine rings is 1. The van der Waals surface area contributed by atoms with Gasteiger partial charge in [-0.05, 0) is 37.6 Å². The minimum atomic E-state index is -0.482. The number of nitrogens with one attached hydrogen (secondary N) is 2. The van der Waals surface area contributed by atoms with E-state index in [4.69, 9.17) is 4.74 Å². The number of benzene rings is 2. The maximum atomic E-state index is 14.4. The molecule has 0 saturated carbocycles. The Labute approximate surface area is 162 Å². The summed E-state index contributed by atoms with van der Waals surface area (Å²) in [6.45, 7) is 2.31. The van der Waals surface area contributed by atoms with Crippen molar-refractivity contribution in [3.8, 4) is 5.75 Å². The number of hydrogen-bond donors (Lipinski definition) is 2. The molecule has 0 bridgehead atoms. The largest absolute Gasteiger partial charge is 0.494 e. The van der Waals surface area contributed by atoms with Gasteiger partial charge in [0.25, 0.3) is 5.91 Å². The van der Waals surface area contributed by atoms with Crippen LogP contribution in [0.25, 0.3) is 0 Å². The number of anilines is 1. The van der Waals surface area contributed by atoms with Gasteiger partial charge in [0.15, 0.2) is 11.6 Å². The van der Waals surface area contributed by atoms with E-state index in [1.165, 1.54) is 19.2 Å². The molecule has 1 unspecified atom stereocenters. The number of carbonyl (C=O) groups is 1. The highest BCUT2D eigenvalue weighted by atomic mass is 19.1. The predicted molar refractivity (Wildman–Crippen MR) is 102 cm³/mol. The van der Waals surface area contributed by atoms with Gasteiger partial charge in [0, 0.05) is 48.1 Å². The standard InChI is InChI=1S/C21H23F2N3O2/c1-28-19-6-2-4-13(20(19)23)10-25-18-9-14(22)8-16-17(18)12-26(21(16)27)15-5-3-7-24-11-15/h2,4,6,8-9,15,24-25H,3,5,7,10-12H2,1H3. The Morgan fingerprint density at radius 1 is 1.32 bits per heavy atom. The quantitative estimate of drug-likeness (QED) is 0.827. The van der Waals surface area contributed by atoms with Gasteiger partial charge in [0.2, 0.25) is 0 Å². The van der Waals surface area contributed by atoms with E-state index in [0.717, 1.165) is 31.5 Å². The first-order valence-corrected chi connectivity index (χ1v) is 9.48. The average Bonchev–Trinajstić information content (AvgIpc) is 3.04. The molecule has 4 rings (SSSR count). The Bertz CT molecular complexity index is 897. The van der Waals surface area contributed by atoms with E-state index in [2.05, 4.69) is 10.6 Å². The molecule has 2 heterocycles. The molecule has 2 aliphatic heterocycles. The Hall–Kier alpha value is -2.67. The van der Waals surface area contributed by atoms with E-state index in [0.29, 0.717) is 23.4 Å². The highest BCUT2D eigenvalue weighted by Gasteiger charge is 2.35. The van der Waals surface area contributed by atoms with Crippen LogP contribution in [-0.4, -0.2) is 37.0 Å². The van der Waals surface area contributed by atoms with Gasteiger partial charge in [-0.3, -0.25) is 4.79 Å². The van der Waals surface area contributed by atoms with Gasteiger partial charge in [-0.25, -0.2) is 8.78 Å². The fourth-order valence-electron chi connectivity index (χ4n) is 3.99. The van der Waals surface area contributed by atoms with Gasteiger partial charge in [0.1, 0.15) is 5.82 Å². The summed E-state index contributed by atoms with van der Waals surface area (Å²) in [4.78, 5) is 14.7. The van der Waals surface area contributed by atoms with Gasteiger partial charge >= 0.3 is 0 Å². The van der Waals surface area contributed by atoms with Crippen LogP contribution >= 0.6 is 0 Å². The molecule has 2 aromatic rings. The summed E-state index contributed by atoms with van der Waals surface area (Å²) in [6, 6.07) is 7.68. The molecule has 1 fully saturated rings. The van der Waals surface area contributed by atoms with Gasteiger partial charge in [-0.2, -0.15) is 0 Å². The average molecular weight is 387 g/mol. The molecule has 148 valence electrons. The summed E-state index contributed by atoms with van der Waals surface area (Å²) in [6.07, 6.45) is 1.95. The first kappa shape index (κ1) is 18.7. The van der Waals surface area contributed by atoms with Crippen molar-refractivity contribution in [1.29, 1.82) is 0 Å². The van der Waals surface area contributed by atoms with Crippen molar-refractivity contribution < 1.29 is 18.3 Å². The predicted octanol–water partition coefficient (Wildman–Crippen LogP) is 3.29. The summed E-state index contributed by atoms with van der Waals surface area (Å²) in [5.41, 5.74) is 2.09. The molecule has 2 aliphatic rings. The monoisotopic (exact) mass is 387 g/mol. The van der Waals surface area contributed by atoms with E-state index < -0.39 is 11.6 Å². The second kappa shape index (κ2) is 7.75. The number of carbonyl (C=O) groups excluding carboxylic acids is 1. The zero-order chi connectivity index (χ0) is 19.7. The van der Waals surface area contributed by atoms with E-state index in [-0.39, 0.29) is 24.2 Å². The Morgan fingerprint density at radius 2 is 2.18 bits per heavy atom. The summed E-state index contributed by atoms with van der Waals surface area (Å²) in [5.74, 6) is -0.908. The maximum absolute atomic E-state index is 14.4. The molecule has 1 amide bonds. The van der Waals surface area contributed by atoms with Crippen LogP contribution in [0.1, 0.15) is 34.3 Å². The zero-order valence-electron chi connectivity index (χ0n) is 15.7. The van der Waals surface area contributed by atoms with Crippen molar-refractivity contribution in [2.45, 2.75) is 32.0 Å². The number of halogens is 2. The van der Waals surface area contributed by atoms with Gasteiger partial charge in [-0.15, -0.1) is 0 Å². The van der Waals surface area contributed by atoms with Crippen LogP contribution in [0.15, 0.2) is 30.3 Å². The Kier molecular flexibility index (Phi) is 5.17. The SMILES string of the molecule is COc1cccc(CNc2cc(F)cc3c2CN(C2CCCNC2)C3=O)c1F. The number of methoxy groups -OCH3 is 1. The molecule has 7 heteroatoms. The summed E-state index contributed by atoms with van der Waals surface area (Å²) in [5, 5.41) is 6.42. The van der Waals surface area contributed by atoms with Gasteiger partial charge in [-0.1, -0.05) is 12.1 Å². The van der Waals surface area contributed by atoms with E-state index in [1.807, 2.05) is 4.90 Å². The van der Waals surface area contributed by atoms with Gasteiger partial charge < -0.3 is 20.3 Å². The van der Waals surface area contributed by atoms with Crippen molar-refractivity contribution in [2.75, 3.05) is 25.5 Å². The van der Waals surface area contributed by atoms with E-state index in [1.54, 1.807) is 18.2 Å². The molecular formula is C21H23F2N3O2. The highest BCUT2D eigenvalue weighted by Crippen LogP contribution is 2.33. The van der Waals surface area contributed by atoms with Crippen LogP contribution in [0.2, 0.25) is 0 Å². The van der Waals surface area contributed by atoms with E-state index in [9.17, 15) is 13.6 Å². The molecule has 28 heavy (non-hydrogen) atoms. The summed E-state index contributed by atoms with van der Waals surface area (Å²) in [7, 11) is 1.41. The second-order valence-electron chi connectivity index (χ2n) is 7.20. The van der Waals surface area contributed by atoms with Crippen molar-refractivity contribution in [1.82, 2.24) is 10.2 Å². The summed E-state index contributed by atoms with van der Waals surface area (Å²) >= 11 is 0. The van der Waals surface area contributed by atoms with Crippen LogP contribution in [0.3, 0.4) is 0 Å². The fraction of sp³-hybridized carbons (Fsp3) is 0.381. The van der Waals surface area contributed by atoms with Crippen LogP contribution in [0.5, 0.6) is 5.75 Å². The maximum Gasteiger partial charge on any atom is 0.254 e. The molecule has 0 aliphatic carbocycles. The number of nitrogens with zero attached hydrogens (tertiary/aromatic N) is 1. The molecule has 5 nitrogen and oxygen atoms in total. The first-order chi connectivity index (χ1) is 13.6. The number of fused-ring (bicyclic) bond motifs is 1. The fourth-order valence-corrected chi connectivity index (χ4v) is 3.99. The normalized spacial score (nSPS) is 18.9.